The van der Waals surface area contributed by atoms with Crippen molar-refractivity contribution in [2.45, 2.75) is 46.0 Å². The zero-order valence-corrected chi connectivity index (χ0v) is 11.2. The predicted octanol–water partition coefficient (Wildman–Crippen LogP) is 4.40. The summed E-state index contributed by atoms with van der Waals surface area (Å²) in [6.07, 6.45) is -4.30. The summed E-state index contributed by atoms with van der Waals surface area (Å²) in [5.41, 5.74) is -0.251. The molecule has 0 saturated carbocycles. The highest BCUT2D eigenvalue weighted by Gasteiger charge is 2.34. The Balaban J connectivity index is 2.96. The van der Waals surface area contributed by atoms with Gasteiger partial charge in [0, 0.05) is 12.1 Å². The van der Waals surface area contributed by atoms with Gasteiger partial charge in [0.05, 0.1) is 5.56 Å². The topological polar surface area (TPSA) is 12.0 Å². The molecule has 1 N–H and O–H groups in total. The molecule has 0 spiro atoms. The second-order valence-electron chi connectivity index (χ2n) is 5.01. The van der Waals surface area contributed by atoms with E-state index >= 15 is 0 Å². The Morgan fingerprint density at radius 3 is 2.06 bits per heavy atom. The van der Waals surface area contributed by atoms with Gasteiger partial charge in [-0.1, -0.05) is 32.0 Å². The summed E-state index contributed by atoms with van der Waals surface area (Å²) < 4.78 is 38.6. The maximum absolute atomic E-state index is 12.9. The fourth-order valence-corrected chi connectivity index (χ4v) is 1.81. The van der Waals surface area contributed by atoms with Crippen LogP contribution < -0.4 is 5.32 Å². The van der Waals surface area contributed by atoms with Crippen LogP contribution in [0, 0.1) is 5.92 Å². The zero-order chi connectivity index (χ0) is 13.9. The Kier molecular flexibility index (Phi) is 4.79. The lowest BCUT2D eigenvalue weighted by molar-refractivity contribution is -0.138. The normalized spacial score (nSPS) is 15.8. The average molecular weight is 259 g/mol. The highest BCUT2D eigenvalue weighted by atomic mass is 19.4. The first-order chi connectivity index (χ1) is 8.23. The Bertz CT molecular complexity index is 385. The van der Waals surface area contributed by atoms with E-state index in [2.05, 4.69) is 5.32 Å². The van der Waals surface area contributed by atoms with E-state index in [4.69, 9.17) is 0 Å². The van der Waals surface area contributed by atoms with Crippen LogP contribution in [0.1, 0.15) is 44.9 Å². The zero-order valence-electron chi connectivity index (χ0n) is 11.2. The van der Waals surface area contributed by atoms with Gasteiger partial charge in [0.2, 0.25) is 0 Å². The molecule has 1 aromatic carbocycles. The molecule has 0 radical (unpaired) electrons. The third-order valence-corrected chi connectivity index (χ3v) is 3.25. The molecular weight excluding hydrogens is 239 g/mol. The standard InChI is InChI=1S/C14H20F3N/c1-9(2)10(3)18-11(4)12-7-5-6-8-13(12)14(15,16)17/h5-11,18H,1-4H3. The number of alkyl halides is 3. The highest BCUT2D eigenvalue weighted by Crippen LogP contribution is 2.34. The molecule has 102 valence electrons. The Labute approximate surface area is 106 Å². The number of benzene rings is 1. The molecule has 18 heavy (non-hydrogen) atoms. The van der Waals surface area contributed by atoms with Crippen LogP contribution in [0.2, 0.25) is 0 Å². The average Bonchev–Trinajstić information content (AvgIpc) is 2.27. The largest absolute Gasteiger partial charge is 0.416 e. The van der Waals surface area contributed by atoms with Gasteiger partial charge in [0.1, 0.15) is 0 Å². The van der Waals surface area contributed by atoms with Crippen molar-refractivity contribution in [1.82, 2.24) is 5.32 Å². The van der Waals surface area contributed by atoms with Crippen molar-refractivity contribution in [3.8, 4) is 0 Å². The van der Waals surface area contributed by atoms with Crippen molar-refractivity contribution in [2.24, 2.45) is 5.92 Å². The molecule has 1 aromatic rings. The van der Waals surface area contributed by atoms with Crippen LogP contribution in [-0.4, -0.2) is 6.04 Å². The molecule has 4 heteroatoms. The minimum absolute atomic E-state index is 0.168. The van der Waals surface area contributed by atoms with Gasteiger partial charge < -0.3 is 5.32 Å². The molecule has 0 aliphatic heterocycles. The maximum atomic E-state index is 12.9. The van der Waals surface area contributed by atoms with Crippen LogP contribution in [-0.2, 0) is 6.18 Å². The molecule has 1 rings (SSSR count). The fourth-order valence-electron chi connectivity index (χ4n) is 1.81. The summed E-state index contributed by atoms with van der Waals surface area (Å²) in [5, 5.41) is 3.21. The molecule has 0 aliphatic carbocycles. The van der Waals surface area contributed by atoms with Crippen LogP contribution in [0.4, 0.5) is 13.2 Å². The van der Waals surface area contributed by atoms with E-state index in [1.165, 1.54) is 12.1 Å². The van der Waals surface area contributed by atoms with E-state index in [1.807, 2.05) is 20.8 Å². The number of hydrogen-bond acceptors (Lipinski definition) is 1. The second kappa shape index (κ2) is 5.74. The van der Waals surface area contributed by atoms with E-state index in [0.717, 1.165) is 6.07 Å². The molecule has 0 heterocycles. The molecule has 0 saturated heterocycles. The molecule has 0 bridgehead atoms. The fraction of sp³-hybridized carbons (Fsp3) is 0.571. The lowest BCUT2D eigenvalue weighted by atomic mass is 9.98. The first-order valence-electron chi connectivity index (χ1n) is 6.15. The first kappa shape index (κ1) is 15.0. The summed E-state index contributed by atoms with van der Waals surface area (Å²) in [7, 11) is 0. The van der Waals surface area contributed by atoms with Gasteiger partial charge in [0.15, 0.2) is 0 Å². The van der Waals surface area contributed by atoms with Gasteiger partial charge in [-0.15, -0.1) is 0 Å². The van der Waals surface area contributed by atoms with Crippen LogP contribution >= 0.6 is 0 Å². The SMILES string of the molecule is CC(NC(C)C(C)C)c1ccccc1C(F)(F)F. The lowest BCUT2D eigenvalue weighted by Gasteiger charge is -2.25. The molecule has 2 atom stereocenters. The summed E-state index contributed by atoms with van der Waals surface area (Å²) in [6.45, 7) is 7.83. The predicted molar refractivity (Wildman–Crippen MR) is 67.3 cm³/mol. The van der Waals surface area contributed by atoms with Gasteiger partial charge in [-0.05, 0) is 31.4 Å². The van der Waals surface area contributed by atoms with Gasteiger partial charge in [-0.2, -0.15) is 13.2 Å². The van der Waals surface area contributed by atoms with E-state index in [9.17, 15) is 13.2 Å². The van der Waals surface area contributed by atoms with Crippen LogP contribution in [0.15, 0.2) is 24.3 Å². The van der Waals surface area contributed by atoms with Crippen LogP contribution in [0.5, 0.6) is 0 Å². The minimum Gasteiger partial charge on any atom is -0.307 e. The van der Waals surface area contributed by atoms with Crippen molar-refractivity contribution in [3.05, 3.63) is 35.4 Å². The van der Waals surface area contributed by atoms with Crippen LogP contribution in [0.25, 0.3) is 0 Å². The molecule has 0 aromatic heterocycles. The molecule has 2 unspecified atom stereocenters. The molecule has 0 aliphatic rings. The lowest BCUT2D eigenvalue weighted by Crippen LogP contribution is -2.33. The minimum atomic E-state index is -4.30. The van der Waals surface area contributed by atoms with Gasteiger partial charge in [-0.3, -0.25) is 0 Å². The van der Waals surface area contributed by atoms with Crippen LogP contribution in [0.3, 0.4) is 0 Å². The Morgan fingerprint density at radius 1 is 1.00 bits per heavy atom. The van der Waals surface area contributed by atoms with E-state index in [-0.39, 0.29) is 12.1 Å². The monoisotopic (exact) mass is 259 g/mol. The molecular formula is C14H20F3N. The number of halogens is 3. The maximum Gasteiger partial charge on any atom is 0.416 e. The highest BCUT2D eigenvalue weighted by molar-refractivity contribution is 5.32. The second-order valence-corrected chi connectivity index (χ2v) is 5.01. The van der Waals surface area contributed by atoms with Crippen molar-refractivity contribution in [1.29, 1.82) is 0 Å². The van der Waals surface area contributed by atoms with Crippen molar-refractivity contribution in [3.63, 3.8) is 0 Å². The Morgan fingerprint density at radius 2 is 1.56 bits per heavy atom. The summed E-state index contributed by atoms with van der Waals surface area (Å²) in [6, 6.07) is 5.58. The summed E-state index contributed by atoms with van der Waals surface area (Å²) in [5.74, 6) is 0.380. The number of nitrogens with one attached hydrogen (secondary N) is 1. The molecule has 0 fully saturated rings. The van der Waals surface area contributed by atoms with Gasteiger partial charge >= 0.3 is 6.18 Å². The molecule has 0 amide bonds. The van der Waals surface area contributed by atoms with Crippen molar-refractivity contribution >= 4 is 0 Å². The number of hydrogen-bond donors (Lipinski definition) is 1. The third-order valence-electron chi connectivity index (χ3n) is 3.25. The first-order valence-corrected chi connectivity index (χ1v) is 6.15. The number of rotatable bonds is 4. The third kappa shape index (κ3) is 3.73. The van der Waals surface area contributed by atoms with E-state index < -0.39 is 11.7 Å². The van der Waals surface area contributed by atoms with Gasteiger partial charge in [0.25, 0.3) is 0 Å². The molecule has 1 nitrogen and oxygen atoms in total. The summed E-state index contributed by atoms with van der Waals surface area (Å²) in [4.78, 5) is 0. The Hall–Kier alpha value is -1.03. The van der Waals surface area contributed by atoms with Gasteiger partial charge in [-0.25, -0.2) is 0 Å². The van der Waals surface area contributed by atoms with E-state index in [1.54, 1.807) is 13.0 Å². The van der Waals surface area contributed by atoms with E-state index in [0.29, 0.717) is 11.5 Å². The van der Waals surface area contributed by atoms with Crippen molar-refractivity contribution < 1.29 is 13.2 Å². The summed E-state index contributed by atoms with van der Waals surface area (Å²) >= 11 is 0. The van der Waals surface area contributed by atoms with Crippen molar-refractivity contribution in [2.75, 3.05) is 0 Å². The quantitative estimate of drug-likeness (QED) is 0.845. The smallest absolute Gasteiger partial charge is 0.307 e.